The van der Waals surface area contributed by atoms with Crippen LogP contribution in [0.4, 0.5) is 11.6 Å². The smallest absolute Gasteiger partial charge is 0.326 e. The van der Waals surface area contributed by atoms with Gasteiger partial charge in [0.2, 0.25) is 17.7 Å². The van der Waals surface area contributed by atoms with Gasteiger partial charge in [-0.2, -0.15) is 9.97 Å². The second-order valence-corrected chi connectivity index (χ2v) is 9.25. The van der Waals surface area contributed by atoms with Crippen LogP contribution < -0.4 is 27.4 Å². The third-order valence-electron chi connectivity index (χ3n) is 5.91. The Kier molecular flexibility index (Phi) is 13.9. The standard InChI is InChI=1S/C27H37N9O8/c28-7-9-42-11-13-44-14-12-43-10-8-30-21(37)6-5-20(26(40)41)34-24(38)17-1-3-18(4-2-17)31-15-19-16-32-23-22(33-19)25(39)36-27(29)35-23/h1-4,16,20,31H,5-15,28H2,(H,30,37)(H,34,38)(H,40,41)(H3,29,32,35,36,39)/t20-/m0/s1. The Labute approximate surface area is 252 Å². The number of carboxylic acids is 1. The van der Waals surface area contributed by atoms with Crippen LogP contribution in [0.3, 0.4) is 0 Å². The van der Waals surface area contributed by atoms with E-state index in [-0.39, 0.29) is 67.0 Å². The number of nitrogens with zero attached hydrogens (tertiary/aromatic N) is 4. The van der Waals surface area contributed by atoms with Gasteiger partial charge in [0.15, 0.2) is 11.2 Å². The average molecular weight is 616 g/mol. The zero-order valence-corrected chi connectivity index (χ0v) is 24.0. The molecule has 0 saturated heterocycles. The van der Waals surface area contributed by atoms with Crippen LogP contribution in [-0.4, -0.2) is 107 Å². The Bertz CT molecular complexity index is 1380. The Morgan fingerprint density at radius 2 is 1.61 bits per heavy atom. The van der Waals surface area contributed by atoms with Gasteiger partial charge in [0.1, 0.15) is 6.04 Å². The van der Waals surface area contributed by atoms with Gasteiger partial charge in [-0.3, -0.25) is 9.59 Å². The number of aromatic nitrogens is 4. The van der Waals surface area contributed by atoms with Crippen molar-refractivity contribution in [2.45, 2.75) is 25.4 Å². The minimum Gasteiger partial charge on any atom is -0.492 e. The predicted octanol–water partition coefficient (Wildman–Crippen LogP) is -0.592. The third-order valence-corrected chi connectivity index (χ3v) is 5.91. The maximum atomic E-state index is 12.7. The van der Waals surface area contributed by atoms with Crippen molar-refractivity contribution in [3.8, 4) is 5.88 Å². The molecule has 3 aromatic rings. The summed E-state index contributed by atoms with van der Waals surface area (Å²) in [6, 6.07) is 5.08. The van der Waals surface area contributed by atoms with Crippen LogP contribution in [0.1, 0.15) is 28.9 Å². The SMILES string of the molecule is NCCOCCOCCOCCNC(=O)CC[C@H](NC(=O)c1ccc(NCc2cnc3nc(N)nc(O)c3n2)cc1)C(=O)O. The van der Waals surface area contributed by atoms with Gasteiger partial charge in [-0.15, -0.1) is 0 Å². The number of amides is 2. The van der Waals surface area contributed by atoms with Crippen LogP contribution in [-0.2, 0) is 30.3 Å². The predicted molar refractivity (Wildman–Crippen MR) is 158 cm³/mol. The molecular weight excluding hydrogens is 578 g/mol. The highest BCUT2D eigenvalue weighted by Gasteiger charge is 2.21. The first kappa shape index (κ1) is 33.8. The van der Waals surface area contributed by atoms with Gasteiger partial charge >= 0.3 is 5.97 Å². The molecular formula is C27H37N9O8. The van der Waals surface area contributed by atoms with E-state index in [9.17, 15) is 24.6 Å². The molecule has 0 radical (unpaired) electrons. The lowest BCUT2D eigenvalue weighted by atomic mass is 10.1. The fraction of sp³-hybridized carbons (Fsp3) is 0.444. The van der Waals surface area contributed by atoms with Gasteiger partial charge in [0, 0.05) is 30.8 Å². The maximum absolute atomic E-state index is 12.7. The molecule has 0 bridgehead atoms. The summed E-state index contributed by atoms with van der Waals surface area (Å²) in [4.78, 5) is 52.5. The lowest BCUT2D eigenvalue weighted by Gasteiger charge is -2.15. The fourth-order valence-corrected chi connectivity index (χ4v) is 3.71. The fourth-order valence-electron chi connectivity index (χ4n) is 3.71. The number of hydrogen-bond acceptors (Lipinski definition) is 14. The number of hydrogen-bond donors (Lipinski definition) is 7. The first-order chi connectivity index (χ1) is 21.3. The van der Waals surface area contributed by atoms with E-state index in [1.165, 1.54) is 18.3 Å². The second-order valence-electron chi connectivity index (χ2n) is 9.25. The molecule has 2 aromatic heterocycles. The van der Waals surface area contributed by atoms with Gasteiger partial charge in [-0.1, -0.05) is 0 Å². The largest absolute Gasteiger partial charge is 0.492 e. The molecule has 2 amide bonds. The number of carbonyl (C=O) groups is 3. The van der Waals surface area contributed by atoms with Crippen molar-refractivity contribution < 1.29 is 38.8 Å². The van der Waals surface area contributed by atoms with Crippen molar-refractivity contribution in [2.24, 2.45) is 5.73 Å². The first-order valence-electron chi connectivity index (χ1n) is 13.8. The van der Waals surface area contributed by atoms with E-state index in [1.807, 2.05) is 0 Å². The topological polar surface area (TPSA) is 259 Å². The zero-order valence-electron chi connectivity index (χ0n) is 24.0. The Balaban J connectivity index is 1.35. The summed E-state index contributed by atoms with van der Waals surface area (Å²) < 4.78 is 15.9. The number of anilines is 2. The zero-order chi connectivity index (χ0) is 31.7. The summed E-state index contributed by atoms with van der Waals surface area (Å²) in [6.07, 6.45) is 1.29. The van der Waals surface area contributed by atoms with Crippen molar-refractivity contribution >= 4 is 40.6 Å². The highest BCUT2D eigenvalue weighted by Crippen LogP contribution is 2.19. The van der Waals surface area contributed by atoms with E-state index in [0.29, 0.717) is 51.0 Å². The van der Waals surface area contributed by atoms with Crippen LogP contribution in [0.2, 0.25) is 0 Å². The third kappa shape index (κ3) is 11.5. The number of aromatic hydroxyl groups is 1. The lowest BCUT2D eigenvalue weighted by Crippen LogP contribution is -2.41. The van der Waals surface area contributed by atoms with E-state index >= 15 is 0 Å². The molecule has 0 unspecified atom stereocenters. The van der Waals surface area contributed by atoms with Crippen molar-refractivity contribution in [3.05, 3.63) is 41.7 Å². The Morgan fingerprint density at radius 1 is 0.932 bits per heavy atom. The molecule has 2 heterocycles. The number of benzene rings is 1. The van der Waals surface area contributed by atoms with Gasteiger partial charge in [0.05, 0.1) is 58.1 Å². The number of carboxylic acid groups (broad SMARTS) is 1. The summed E-state index contributed by atoms with van der Waals surface area (Å²) in [5, 5.41) is 27.7. The molecule has 17 nitrogen and oxygen atoms in total. The highest BCUT2D eigenvalue weighted by molar-refractivity contribution is 5.97. The van der Waals surface area contributed by atoms with Crippen molar-refractivity contribution in [3.63, 3.8) is 0 Å². The minimum absolute atomic E-state index is 0.0898. The Hall–Kier alpha value is -4.71. The molecule has 0 saturated carbocycles. The summed E-state index contributed by atoms with van der Waals surface area (Å²) in [7, 11) is 0. The molecule has 0 fully saturated rings. The van der Waals surface area contributed by atoms with Crippen molar-refractivity contribution in [2.75, 3.05) is 63.8 Å². The van der Waals surface area contributed by atoms with E-state index in [2.05, 4.69) is 35.9 Å². The maximum Gasteiger partial charge on any atom is 0.326 e. The van der Waals surface area contributed by atoms with Crippen molar-refractivity contribution in [1.82, 2.24) is 30.6 Å². The molecule has 1 aromatic carbocycles. The normalized spacial score (nSPS) is 11.7. The quantitative estimate of drug-likeness (QED) is 0.0783. The number of nitrogens with one attached hydrogen (secondary N) is 3. The summed E-state index contributed by atoms with van der Waals surface area (Å²) in [6.45, 7) is 3.35. The van der Waals surface area contributed by atoms with E-state index in [0.717, 1.165) is 0 Å². The number of nitrogens with two attached hydrogens (primary N) is 2. The molecule has 3 rings (SSSR count). The monoisotopic (exact) mass is 615 g/mol. The van der Waals surface area contributed by atoms with E-state index in [1.54, 1.807) is 12.1 Å². The molecule has 238 valence electrons. The number of nitrogen functional groups attached to an aromatic ring is 1. The minimum atomic E-state index is -1.25. The van der Waals surface area contributed by atoms with E-state index < -0.39 is 17.9 Å². The molecule has 9 N–H and O–H groups in total. The highest BCUT2D eigenvalue weighted by atomic mass is 16.5. The van der Waals surface area contributed by atoms with Crippen LogP contribution in [0, 0.1) is 0 Å². The molecule has 0 aliphatic carbocycles. The molecule has 44 heavy (non-hydrogen) atoms. The van der Waals surface area contributed by atoms with Crippen molar-refractivity contribution in [1.29, 1.82) is 0 Å². The van der Waals surface area contributed by atoms with Crippen LogP contribution in [0.15, 0.2) is 30.5 Å². The van der Waals surface area contributed by atoms with Crippen LogP contribution >= 0.6 is 0 Å². The number of ether oxygens (including phenoxy) is 3. The summed E-state index contributed by atoms with van der Waals surface area (Å²) >= 11 is 0. The second kappa shape index (κ2) is 18.1. The Morgan fingerprint density at radius 3 is 2.30 bits per heavy atom. The molecule has 17 heteroatoms. The van der Waals surface area contributed by atoms with Gasteiger partial charge in [0.25, 0.3) is 5.91 Å². The molecule has 1 atom stereocenters. The first-order valence-corrected chi connectivity index (χ1v) is 13.8. The van der Waals surface area contributed by atoms with Gasteiger partial charge < -0.3 is 51.8 Å². The van der Waals surface area contributed by atoms with Crippen LogP contribution in [0.25, 0.3) is 11.2 Å². The molecule has 0 aliphatic rings. The molecule has 0 aliphatic heterocycles. The summed E-state index contributed by atoms with van der Waals surface area (Å²) in [5.41, 5.74) is 12.5. The summed E-state index contributed by atoms with van der Waals surface area (Å²) in [5.74, 6) is -2.70. The van der Waals surface area contributed by atoms with Gasteiger partial charge in [-0.25, -0.2) is 14.8 Å². The molecule has 0 spiro atoms. The van der Waals surface area contributed by atoms with Crippen LogP contribution in [0.5, 0.6) is 5.88 Å². The average Bonchev–Trinajstić information content (AvgIpc) is 3.01. The van der Waals surface area contributed by atoms with E-state index in [4.69, 9.17) is 25.7 Å². The number of aliphatic carboxylic acids is 1. The number of fused-ring (bicyclic) bond motifs is 1. The lowest BCUT2D eigenvalue weighted by molar-refractivity contribution is -0.139. The number of carbonyl (C=O) groups excluding carboxylic acids is 2. The number of rotatable bonds is 20. The van der Waals surface area contributed by atoms with Gasteiger partial charge in [-0.05, 0) is 30.7 Å².